The summed E-state index contributed by atoms with van der Waals surface area (Å²) in [5.74, 6) is 0. The Hall–Kier alpha value is -0.840. The van der Waals surface area contributed by atoms with Crippen LogP contribution in [-0.4, -0.2) is 31.1 Å². The molecule has 0 aliphatic carbocycles. The lowest BCUT2D eigenvalue weighted by atomic mass is 10.1. The van der Waals surface area contributed by atoms with Crippen molar-refractivity contribution >= 4 is 5.71 Å². The van der Waals surface area contributed by atoms with Crippen LogP contribution in [0.15, 0.2) is 16.6 Å². The van der Waals surface area contributed by atoms with E-state index >= 15 is 0 Å². The Balaban J connectivity index is 2.49. The quantitative estimate of drug-likeness (QED) is 0.749. The summed E-state index contributed by atoms with van der Waals surface area (Å²) in [6, 6.07) is 0. The largest absolute Gasteiger partial charge is 0.411 e. The molecule has 17 heavy (non-hydrogen) atoms. The molecule has 1 heterocycles. The van der Waals surface area contributed by atoms with Gasteiger partial charge in [-0.05, 0) is 38.7 Å². The Bertz CT molecular complexity index is 307. The van der Waals surface area contributed by atoms with Crippen molar-refractivity contribution in [2.24, 2.45) is 4.99 Å². The molecule has 0 bridgehead atoms. The van der Waals surface area contributed by atoms with Crippen molar-refractivity contribution < 1.29 is 17.9 Å². The summed E-state index contributed by atoms with van der Waals surface area (Å²) in [7, 11) is 0. The van der Waals surface area contributed by atoms with Crippen LogP contribution in [0.25, 0.3) is 0 Å². The average Bonchev–Trinajstić information content (AvgIpc) is 2.49. The third kappa shape index (κ3) is 5.35. The van der Waals surface area contributed by atoms with E-state index in [1.165, 1.54) is 0 Å². The fourth-order valence-electron chi connectivity index (χ4n) is 1.72. The second kappa shape index (κ2) is 6.19. The van der Waals surface area contributed by atoms with Crippen molar-refractivity contribution in [2.75, 3.05) is 13.2 Å². The number of allylic oxidation sites excluding steroid dienone is 2. The number of rotatable bonds is 3. The Morgan fingerprint density at radius 2 is 2.24 bits per heavy atom. The van der Waals surface area contributed by atoms with Crippen molar-refractivity contribution in [2.45, 2.75) is 45.4 Å². The minimum Gasteiger partial charge on any atom is -0.367 e. The summed E-state index contributed by atoms with van der Waals surface area (Å²) >= 11 is 0. The van der Waals surface area contributed by atoms with E-state index in [9.17, 15) is 13.2 Å². The molecule has 1 aliphatic heterocycles. The molecule has 0 aromatic carbocycles. The van der Waals surface area contributed by atoms with Gasteiger partial charge in [-0.25, -0.2) is 0 Å². The fourth-order valence-corrected chi connectivity index (χ4v) is 1.72. The Morgan fingerprint density at radius 1 is 1.53 bits per heavy atom. The van der Waals surface area contributed by atoms with Crippen LogP contribution in [0.4, 0.5) is 13.2 Å². The maximum Gasteiger partial charge on any atom is 0.411 e. The smallest absolute Gasteiger partial charge is 0.367 e. The number of aliphatic imine (C=N–C) groups is 1. The zero-order chi connectivity index (χ0) is 12.9. The molecule has 0 saturated carbocycles. The topological polar surface area (TPSA) is 21.6 Å². The van der Waals surface area contributed by atoms with Crippen LogP contribution >= 0.6 is 0 Å². The number of alkyl halides is 3. The number of nitrogens with zero attached hydrogens (tertiary/aromatic N) is 1. The van der Waals surface area contributed by atoms with Crippen LogP contribution in [0.5, 0.6) is 0 Å². The number of hydrogen-bond donors (Lipinski definition) is 0. The van der Waals surface area contributed by atoms with Crippen LogP contribution < -0.4 is 0 Å². The van der Waals surface area contributed by atoms with Crippen LogP contribution in [0.1, 0.15) is 33.1 Å². The lowest BCUT2D eigenvalue weighted by Crippen LogP contribution is -2.24. The fraction of sp³-hybridized carbons (Fsp3) is 0.750. The summed E-state index contributed by atoms with van der Waals surface area (Å²) in [6.45, 7) is 3.05. The van der Waals surface area contributed by atoms with E-state index in [0.717, 1.165) is 24.1 Å². The number of halogens is 3. The van der Waals surface area contributed by atoms with Crippen molar-refractivity contribution in [1.29, 1.82) is 0 Å². The SMILES string of the molecule is C/C=C(/C)C1=NCC(OCC(F)(F)F)CCC1. The lowest BCUT2D eigenvalue weighted by Gasteiger charge is -2.15. The van der Waals surface area contributed by atoms with Gasteiger partial charge >= 0.3 is 6.18 Å². The Labute approximate surface area is 99.6 Å². The van der Waals surface area contributed by atoms with Gasteiger partial charge in [-0.2, -0.15) is 13.2 Å². The van der Waals surface area contributed by atoms with E-state index < -0.39 is 18.9 Å². The minimum absolute atomic E-state index is 0.330. The second-order valence-corrected chi connectivity index (χ2v) is 4.20. The monoisotopic (exact) mass is 249 g/mol. The average molecular weight is 249 g/mol. The number of ether oxygens (including phenoxy) is 1. The molecule has 0 fully saturated rings. The summed E-state index contributed by atoms with van der Waals surface area (Å²) in [5, 5.41) is 0. The zero-order valence-electron chi connectivity index (χ0n) is 10.2. The molecular formula is C12H18F3NO. The maximum absolute atomic E-state index is 12.0. The Morgan fingerprint density at radius 3 is 2.82 bits per heavy atom. The molecule has 1 rings (SSSR count). The van der Waals surface area contributed by atoms with Gasteiger partial charge in [-0.1, -0.05) is 6.08 Å². The highest BCUT2D eigenvalue weighted by Crippen LogP contribution is 2.19. The summed E-state index contributed by atoms with van der Waals surface area (Å²) in [6.07, 6.45) is -0.401. The van der Waals surface area contributed by atoms with Gasteiger partial charge < -0.3 is 4.74 Å². The summed E-state index contributed by atoms with van der Waals surface area (Å²) in [5.41, 5.74) is 2.09. The van der Waals surface area contributed by atoms with Gasteiger partial charge in [0.1, 0.15) is 6.61 Å². The standard InChI is InChI=1S/C12H18F3NO/c1-3-9(2)11-6-4-5-10(7-16-11)17-8-12(13,14)15/h3,10H,4-8H2,1-2H3/b9-3-. The second-order valence-electron chi connectivity index (χ2n) is 4.20. The molecule has 0 aromatic heterocycles. The van der Waals surface area contributed by atoms with Crippen molar-refractivity contribution in [1.82, 2.24) is 0 Å². The maximum atomic E-state index is 12.0. The first-order chi connectivity index (χ1) is 7.92. The van der Waals surface area contributed by atoms with Crippen molar-refractivity contribution in [3.63, 3.8) is 0 Å². The molecule has 0 radical (unpaired) electrons. The first-order valence-electron chi connectivity index (χ1n) is 5.77. The molecule has 2 nitrogen and oxygen atoms in total. The van der Waals surface area contributed by atoms with Crippen molar-refractivity contribution in [3.05, 3.63) is 11.6 Å². The highest BCUT2D eigenvalue weighted by atomic mass is 19.4. The van der Waals surface area contributed by atoms with E-state index in [1.54, 1.807) is 0 Å². The predicted molar refractivity (Wildman–Crippen MR) is 61.4 cm³/mol. The van der Waals surface area contributed by atoms with Gasteiger partial charge in [0, 0.05) is 5.71 Å². The lowest BCUT2D eigenvalue weighted by molar-refractivity contribution is -0.184. The van der Waals surface area contributed by atoms with E-state index in [4.69, 9.17) is 4.74 Å². The highest BCUT2D eigenvalue weighted by molar-refractivity contribution is 5.99. The van der Waals surface area contributed by atoms with Gasteiger partial charge in [0.05, 0.1) is 12.6 Å². The molecule has 5 heteroatoms. The highest BCUT2D eigenvalue weighted by Gasteiger charge is 2.29. The molecule has 98 valence electrons. The first kappa shape index (κ1) is 14.2. The summed E-state index contributed by atoms with van der Waals surface area (Å²) in [4.78, 5) is 4.33. The molecule has 0 spiro atoms. The molecule has 0 amide bonds. The van der Waals surface area contributed by atoms with E-state index in [0.29, 0.717) is 13.0 Å². The molecule has 0 saturated heterocycles. The third-order valence-corrected chi connectivity index (χ3v) is 2.80. The van der Waals surface area contributed by atoms with Crippen LogP contribution in [0.3, 0.4) is 0 Å². The van der Waals surface area contributed by atoms with Crippen LogP contribution in [0, 0.1) is 0 Å². The zero-order valence-corrected chi connectivity index (χ0v) is 10.2. The van der Waals surface area contributed by atoms with Crippen LogP contribution in [0.2, 0.25) is 0 Å². The van der Waals surface area contributed by atoms with Gasteiger partial charge in [0.2, 0.25) is 0 Å². The van der Waals surface area contributed by atoms with E-state index in [1.807, 2.05) is 19.9 Å². The third-order valence-electron chi connectivity index (χ3n) is 2.80. The number of hydrogen-bond acceptors (Lipinski definition) is 2. The van der Waals surface area contributed by atoms with Gasteiger partial charge in [0.25, 0.3) is 0 Å². The van der Waals surface area contributed by atoms with Gasteiger partial charge in [-0.15, -0.1) is 0 Å². The molecule has 1 unspecified atom stereocenters. The van der Waals surface area contributed by atoms with E-state index in [2.05, 4.69) is 4.99 Å². The minimum atomic E-state index is -4.25. The van der Waals surface area contributed by atoms with E-state index in [-0.39, 0.29) is 0 Å². The van der Waals surface area contributed by atoms with Gasteiger partial charge in [-0.3, -0.25) is 4.99 Å². The van der Waals surface area contributed by atoms with Gasteiger partial charge in [0.15, 0.2) is 0 Å². The molecule has 1 aliphatic rings. The molecule has 0 N–H and O–H groups in total. The normalized spacial score (nSPS) is 23.2. The van der Waals surface area contributed by atoms with Crippen molar-refractivity contribution in [3.8, 4) is 0 Å². The molecular weight excluding hydrogens is 231 g/mol. The summed E-state index contributed by atoms with van der Waals surface area (Å²) < 4.78 is 40.8. The first-order valence-corrected chi connectivity index (χ1v) is 5.77. The molecule has 0 aromatic rings. The van der Waals surface area contributed by atoms with Crippen LogP contribution in [-0.2, 0) is 4.74 Å². The predicted octanol–water partition coefficient (Wildman–Crippen LogP) is 3.53. The Kier molecular flexibility index (Phi) is 5.18. The molecule has 1 atom stereocenters.